The Morgan fingerprint density at radius 1 is 1.35 bits per heavy atom. The molecule has 0 aromatic carbocycles. The van der Waals surface area contributed by atoms with Crippen molar-refractivity contribution in [1.29, 1.82) is 0 Å². The fourth-order valence-corrected chi connectivity index (χ4v) is 1.35. The van der Waals surface area contributed by atoms with Gasteiger partial charge in [0.1, 0.15) is 5.76 Å². The first kappa shape index (κ1) is 11.4. The van der Waals surface area contributed by atoms with Gasteiger partial charge in [-0.25, -0.2) is 0 Å². The average Bonchev–Trinajstić information content (AvgIpc) is 2.94. The largest absolute Gasteiger partial charge is 0.481 e. The maximum atomic E-state index is 10.4. The molecule has 0 unspecified atom stereocenters. The van der Waals surface area contributed by atoms with Gasteiger partial charge in [0.05, 0.1) is 6.42 Å². The maximum absolute atomic E-state index is 10.4. The Bertz CT molecular complexity index is 515. The standard InChI is InChI=1S/C11H12N2O4/c1-2-7-3-4-8(16-7)11-13-12-9(17-11)5-6-10(14)15/h3-4H,2,5-6H2,1H3,(H,14,15). The van der Waals surface area contributed by atoms with Crippen LogP contribution in [0.3, 0.4) is 0 Å². The third kappa shape index (κ3) is 2.72. The zero-order valence-corrected chi connectivity index (χ0v) is 9.34. The topological polar surface area (TPSA) is 89.4 Å². The van der Waals surface area contributed by atoms with Crippen molar-refractivity contribution in [2.45, 2.75) is 26.2 Å². The van der Waals surface area contributed by atoms with E-state index < -0.39 is 5.97 Å². The van der Waals surface area contributed by atoms with Crippen molar-refractivity contribution in [3.63, 3.8) is 0 Å². The van der Waals surface area contributed by atoms with Gasteiger partial charge in [0, 0.05) is 12.8 Å². The van der Waals surface area contributed by atoms with Gasteiger partial charge in [0.2, 0.25) is 5.89 Å². The summed E-state index contributed by atoms with van der Waals surface area (Å²) in [4.78, 5) is 10.4. The molecule has 0 saturated carbocycles. The molecule has 0 radical (unpaired) electrons. The van der Waals surface area contributed by atoms with E-state index in [1.54, 1.807) is 6.07 Å². The van der Waals surface area contributed by atoms with Gasteiger partial charge in [0.15, 0.2) is 5.76 Å². The van der Waals surface area contributed by atoms with E-state index in [0.29, 0.717) is 11.7 Å². The van der Waals surface area contributed by atoms with Crippen LogP contribution in [-0.2, 0) is 17.6 Å². The second kappa shape index (κ2) is 4.82. The number of hydrogen-bond acceptors (Lipinski definition) is 5. The maximum Gasteiger partial charge on any atom is 0.303 e. The van der Waals surface area contributed by atoms with E-state index in [4.69, 9.17) is 13.9 Å². The summed E-state index contributed by atoms with van der Waals surface area (Å²) in [6.07, 6.45) is 0.990. The molecule has 0 aliphatic carbocycles. The number of carbonyl (C=O) groups is 1. The number of carboxylic acids is 1. The third-order valence-electron chi connectivity index (χ3n) is 2.24. The molecule has 0 bridgehead atoms. The van der Waals surface area contributed by atoms with Crippen LogP contribution >= 0.6 is 0 Å². The molecule has 0 aliphatic rings. The van der Waals surface area contributed by atoms with E-state index in [1.165, 1.54) is 0 Å². The van der Waals surface area contributed by atoms with Crippen molar-refractivity contribution in [3.8, 4) is 11.7 Å². The van der Waals surface area contributed by atoms with Crippen LogP contribution in [0.25, 0.3) is 11.7 Å². The number of furan rings is 1. The minimum absolute atomic E-state index is 0.0278. The summed E-state index contributed by atoms with van der Waals surface area (Å²) < 4.78 is 10.7. The molecule has 6 nitrogen and oxygen atoms in total. The Morgan fingerprint density at radius 3 is 2.82 bits per heavy atom. The molecular formula is C11H12N2O4. The van der Waals surface area contributed by atoms with E-state index in [1.807, 2.05) is 13.0 Å². The van der Waals surface area contributed by atoms with Crippen LogP contribution in [0.1, 0.15) is 25.0 Å². The second-order valence-electron chi connectivity index (χ2n) is 3.51. The monoisotopic (exact) mass is 236 g/mol. The quantitative estimate of drug-likeness (QED) is 0.852. The molecular weight excluding hydrogens is 224 g/mol. The summed E-state index contributed by atoms with van der Waals surface area (Å²) in [6.45, 7) is 1.98. The van der Waals surface area contributed by atoms with Crippen LogP contribution < -0.4 is 0 Å². The molecule has 90 valence electrons. The van der Waals surface area contributed by atoms with Crippen molar-refractivity contribution in [2.24, 2.45) is 0 Å². The molecule has 0 amide bonds. The fraction of sp³-hybridized carbons (Fsp3) is 0.364. The van der Waals surface area contributed by atoms with E-state index in [0.717, 1.165) is 12.2 Å². The van der Waals surface area contributed by atoms with E-state index in [-0.39, 0.29) is 18.7 Å². The molecule has 0 aliphatic heterocycles. The van der Waals surface area contributed by atoms with Gasteiger partial charge in [-0.1, -0.05) is 6.92 Å². The number of hydrogen-bond donors (Lipinski definition) is 1. The van der Waals surface area contributed by atoms with Crippen LogP contribution in [0.2, 0.25) is 0 Å². The molecule has 1 N–H and O–H groups in total. The Kier molecular flexibility index (Phi) is 3.22. The zero-order chi connectivity index (χ0) is 12.3. The van der Waals surface area contributed by atoms with Gasteiger partial charge < -0.3 is 13.9 Å². The summed E-state index contributed by atoms with van der Waals surface area (Å²) >= 11 is 0. The Balaban J connectivity index is 2.09. The smallest absolute Gasteiger partial charge is 0.303 e. The SMILES string of the molecule is CCc1ccc(-c2nnc(CCC(=O)O)o2)o1. The van der Waals surface area contributed by atoms with Gasteiger partial charge in [-0.05, 0) is 12.1 Å². The first-order valence-electron chi connectivity index (χ1n) is 5.32. The lowest BCUT2D eigenvalue weighted by molar-refractivity contribution is -0.137. The summed E-state index contributed by atoms with van der Waals surface area (Å²) in [7, 11) is 0. The summed E-state index contributed by atoms with van der Waals surface area (Å²) in [5, 5.41) is 16.1. The predicted molar refractivity (Wildman–Crippen MR) is 57.3 cm³/mol. The summed E-state index contributed by atoms with van der Waals surface area (Å²) in [5.41, 5.74) is 0. The van der Waals surface area contributed by atoms with Crippen LogP contribution in [0.5, 0.6) is 0 Å². The van der Waals surface area contributed by atoms with E-state index in [2.05, 4.69) is 10.2 Å². The van der Waals surface area contributed by atoms with Crippen LogP contribution in [-0.4, -0.2) is 21.3 Å². The number of carboxylic acid groups (broad SMARTS) is 1. The van der Waals surface area contributed by atoms with Crippen molar-refractivity contribution < 1.29 is 18.7 Å². The normalized spacial score (nSPS) is 10.6. The van der Waals surface area contributed by atoms with Crippen molar-refractivity contribution >= 4 is 5.97 Å². The molecule has 2 rings (SSSR count). The highest BCUT2D eigenvalue weighted by molar-refractivity contribution is 5.66. The first-order valence-corrected chi connectivity index (χ1v) is 5.32. The Morgan fingerprint density at radius 2 is 2.18 bits per heavy atom. The van der Waals surface area contributed by atoms with E-state index >= 15 is 0 Å². The Labute approximate surface area is 97.3 Å². The minimum atomic E-state index is -0.893. The highest BCUT2D eigenvalue weighted by Gasteiger charge is 2.12. The predicted octanol–water partition coefficient (Wildman–Crippen LogP) is 1.91. The number of aromatic nitrogens is 2. The van der Waals surface area contributed by atoms with Crippen molar-refractivity contribution in [2.75, 3.05) is 0 Å². The Hall–Kier alpha value is -2.11. The van der Waals surface area contributed by atoms with E-state index in [9.17, 15) is 4.79 Å². The molecule has 2 aromatic heterocycles. The van der Waals surface area contributed by atoms with Crippen molar-refractivity contribution in [3.05, 3.63) is 23.8 Å². The molecule has 0 fully saturated rings. The summed E-state index contributed by atoms with van der Waals surface area (Å²) in [5.74, 6) is 1.04. The van der Waals surface area contributed by atoms with Crippen LogP contribution in [0.4, 0.5) is 0 Å². The lowest BCUT2D eigenvalue weighted by atomic mass is 10.3. The number of rotatable bonds is 5. The number of aryl methyl sites for hydroxylation is 2. The molecule has 6 heteroatoms. The summed E-state index contributed by atoms with van der Waals surface area (Å²) in [6, 6.07) is 3.60. The fourth-order valence-electron chi connectivity index (χ4n) is 1.35. The molecule has 2 aromatic rings. The molecule has 2 heterocycles. The van der Waals surface area contributed by atoms with Gasteiger partial charge in [0.25, 0.3) is 5.89 Å². The average molecular weight is 236 g/mol. The molecule has 17 heavy (non-hydrogen) atoms. The molecule has 0 atom stereocenters. The highest BCUT2D eigenvalue weighted by atomic mass is 16.4. The molecule has 0 spiro atoms. The second-order valence-corrected chi connectivity index (χ2v) is 3.51. The number of aliphatic carboxylic acids is 1. The van der Waals surface area contributed by atoms with Gasteiger partial charge in [-0.15, -0.1) is 10.2 Å². The zero-order valence-electron chi connectivity index (χ0n) is 9.34. The molecule has 0 saturated heterocycles. The highest BCUT2D eigenvalue weighted by Crippen LogP contribution is 2.21. The first-order chi connectivity index (χ1) is 8.19. The van der Waals surface area contributed by atoms with Crippen LogP contribution in [0.15, 0.2) is 21.0 Å². The van der Waals surface area contributed by atoms with Gasteiger partial charge >= 0.3 is 5.97 Å². The number of nitrogens with zero attached hydrogens (tertiary/aromatic N) is 2. The third-order valence-corrected chi connectivity index (χ3v) is 2.24. The van der Waals surface area contributed by atoms with Gasteiger partial charge in [-0.3, -0.25) is 4.79 Å². The minimum Gasteiger partial charge on any atom is -0.481 e. The van der Waals surface area contributed by atoms with Crippen LogP contribution in [0, 0.1) is 0 Å². The lowest BCUT2D eigenvalue weighted by Gasteiger charge is -1.90. The van der Waals surface area contributed by atoms with Crippen molar-refractivity contribution in [1.82, 2.24) is 10.2 Å². The lowest BCUT2D eigenvalue weighted by Crippen LogP contribution is -1.97. The van der Waals surface area contributed by atoms with Gasteiger partial charge in [-0.2, -0.15) is 0 Å².